The van der Waals surface area contributed by atoms with Crippen LogP contribution in [0.1, 0.15) is 54.1 Å². The van der Waals surface area contributed by atoms with Gasteiger partial charge in [-0.1, -0.05) is 41.9 Å². The highest BCUT2D eigenvalue weighted by Crippen LogP contribution is 2.61. The summed E-state index contributed by atoms with van der Waals surface area (Å²) in [6, 6.07) is 14.8. The Kier molecular flexibility index (Phi) is 10.7. The summed E-state index contributed by atoms with van der Waals surface area (Å²) in [5, 5.41) is 10.9. The minimum absolute atomic E-state index is 0.0816. The summed E-state index contributed by atoms with van der Waals surface area (Å²) >= 11 is 6.42. The fourth-order valence-electron chi connectivity index (χ4n) is 5.45. The van der Waals surface area contributed by atoms with Gasteiger partial charge in [-0.15, -0.1) is 0 Å². The lowest BCUT2D eigenvalue weighted by molar-refractivity contribution is -0.139. The molecule has 1 spiro atoms. The lowest BCUT2D eigenvalue weighted by Gasteiger charge is -2.35. The van der Waals surface area contributed by atoms with Crippen molar-refractivity contribution in [3.63, 3.8) is 0 Å². The van der Waals surface area contributed by atoms with Gasteiger partial charge >= 0.3 is 6.68 Å². The van der Waals surface area contributed by atoms with E-state index in [-0.39, 0.29) is 11.8 Å². The number of aliphatic hydroxyl groups is 1. The van der Waals surface area contributed by atoms with Gasteiger partial charge in [0.2, 0.25) is 0 Å². The number of benzene rings is 2. The second-order valence-electron chi connectivity index (χ2n) is 10.6. The molecule has 2 amide bonds. The topological polar surface area (TPSA) is 64.1 Å². The number of halogens is 4. The van der Waals surface area contributed by atoms with E-state index in [4.69, 9.17) is 11.6 Å². The van der Waals surface area contributed by atoms with Gasteiger partial charge in [-0.25, -0.2) is 0 Å². The van der Waals surface area contributed by atoms with Crippen molar-refractivity contribution >= 4 is 29.1 Å². The maximum Gasteiger partial charge on any atom is 0.379 e. The summed E-state index contributed by atoms with van der Waals surface area (Å²) in [6.07, 6.45) is 4.57. The zero-order valence-corrected chi connectivity index (χ0v) is 23.4. The van der Waals surface area contributed by atoms with E-state index in [1.54, 1.807) is 38.2 Å². The van der Waals surface area contributed by atoms with Gasteiger partial charge < -0.3 is 19.8 Å². The third-order valence-electron chi connectivity index (χ3n) is 7.84. The van der Waals surface area contributed by atoms with Crippen molar-refractivity contribution in [1.82, 2.24) is 9.80 Å². The van der Waals surface area contributed by atoms with Crippen molar-refractivity contribution in [1.29, 1.82) is 0 Å². The van der Waals surface area contributed by atoms with Crippen LogP contribution in [0, 0.1) is 11.3 Å². The summed E-state index contributed by atoms with van der Waals surface area (Å²) in [4.78, 5) is 30.4. The Balaban J connectivity index is 0.000000983. The van der Waals surface area contributed by atoms with E-state index in [0.717, 1.165) is 50.4 Å². The molecule has 1 aliphatic carbocycles. The first-order valence-corrected chi connectivity index (χ1v) is 13.5. The Morgan fingerprint density at radius 1 is 1.08 bits per heavy atom. The Morgan fingerprint density at radius 3 is 2.26 bits per heavy atom. The fourth-order valence-corrected chi connectivity index (χ4v) is 5.71. The standard InChI is InChI=1S/C28H36ClN3O3.CHF3/c1-30(2)26(34)23-12-11-22(18-24(23)29)32-16-13-28(14-17-32)19-21(28)10-7-15-31(3)27(35)25(33)20-8-5-4-6-9-20;2-1(3)4/h4-6,8-9,11-12,18,21,25,33H,7,10,13-17,19H2,1-3H3;1H. The molecule has 2 aromatic carbocycles. The molecule has 2 atom stereocenters. The van der Waals surface area contributed by atoms with Gasteiger partial charge in [0.15, 0.2) is 6.10 Å². The molecule has 214 valence electrons. The molecule has 1 heterocycles. The lowest BCUT2D eigenvalue weighted by Crippen LogP contribution is -2.35. The van der Waals surface area contributed by atoms with E-state index in [9.17, 15) is 27.9 Å². The lowest BCUT2D eigenvalue weighted by atomic mass is 9.89. The minimum Gasteiger partial charge on any atom is -0.378 e. The van der Waals surface area contributed by atoms with Gasteiger partial charge in [0.1, 0.15) is 0 Å². The zero-order valence-electron chi connectivity index (χ0n) is 22.6. The predicted molar refractivity (Wildman–Crippen MR) is 147 cm³/mol. The second kappa shape index (κ2) is 13.5. The van der Waals surface area contributed by atoms with Gasteiger partial charge in [-0.3, -0.25) is 9.59 Å². The normalized spacial score (nSPS) is 18.3. The van der Waals surface area contributed by atoms with E-state index < -0.39 is 12.8 Å². The van der Waals surface area contributed by atoms with Crippen molar-refractivity contribution in [2.24, 2.45) is 11.3 Å². The van der Waals surface area contributed by atoms with Crippen LogP contribution in [0.25, 0.3) is 0 Å². The molecule has 0 bridgehead atoms. The molecule has 1 saturated heterocycles. The summed E-state index contributed by atoms with van der Waals surface area (Å²) < 4.78 is 29.0. The maximum absolute atomic E-state index is 12.6. The number of aliphatic hydroxyl groups excluding tert-OH is 1. The number of likely N-dealkylation sites (N-methyl/N-ethyl adjacent to an activating group) is 1. The highest BCUT2D eigenvalue weighted by molar-refractivity contribution is 6.34. The monoisotopic (exact) mass is 567 g/mol. The molecular formula is C29H37ClF3N3O3. The molecular weight excluding hydrogens is 531 g/mol. The molecule has 1 aliphatic heterocycles. The summed E-state index contributed by atoms with van der Waals surface area (Å²) in [7, 11) is 5.23. The van der Waals surface area contributed by atoms with E-state index in [1.165, 1.54) is 11.3 Å². The first-order chi connectivity index (χ1) is 18.4. The first-order valence-electron chi connectivity index (χ1n) is 13.1. The van der Waals surface area contributed by atoms with Gasteiger partial charge in [0.25, 0.3) is 11.8 Å². The number of carbonyl (C=O) groups is 2. The van der Waals surface area contributed by atoms with Crippen molar-refractivity contribution in [3.05, 3.63) is 64.7 Å². The zero-order chi connectivity index (χ0) is 28.7. The molecule has 2 aliphatic rings. The molecule has 6 nitrogen and oxygen atoms in total. The maximum atomic E-state index is 12.6. The molecule has 0 aromatic heterocycles. The largest absolute Gasteiger partial charge is 0.379 e. The van der Waals surface area contributed by atoms with Crippen molar-refractivity contribution in [3.8, 4) is 0 Å². The predicted octanol–water partition coefficient (Wildman–Crippen LogP) is 5.80. The van der Waals surface area contributed by atoms with Crippen molar-refractivity contribution in [2.75, 3.05) is 45.7 Å². The van der Waals surface area contributed by atoms with Crippen LogP contribution in [-0.4, -0.2) is 74.2 Å². The highest BCUT2D eigenvalue weighted by Gasteiger charge is 2.53. The van der Waals surface area contributed by atoms with Crippen LogP contribution in [0.2, 0.25) is 5.02 Å². The molecule has 2 aromatic rings. The van der Waals surface area contributed by atoms with Crippen molar-refractivity contribution < 1.29 is 27.9 Å². The van der Waals surface area contributed by atoms with E-state index in [1.807, 2.05) is 36.4 Å². The molecule has 0 radical (unpaired) electrons. The smallest absolute Gasteiger partial charge is 0.378 e. The number of rotatable bonds is 8. The van der Waals surface area contributed by atoms with Crippen molar-refractivity contribution in [2.45, 2.75) is 44.9 Å². The van der Waals surface area contributed by atoms with Crippen LogP contribution < -0.4 is 4.90 Å². The molecule has 1 N–H and O–H groups in total. The average molecular weight is 568 g/mol. The number of hydrogen-bond acceptors (Lipinski definition) is 4. The third-order valence-corrected chi connectivity index (χ3v) is 8.16. The third kappa shape index (κ3) is 8.11. The fraction of sp³-hybridized carbons (Fsp3) is 0.517. The molecule has 39 heavy (non-hydrogen) atoms. The van der Waals surface area contributed by atoms with E-state index in [0.29, 0.717) is 28.1 Å². The van der Waals surface area contributed by atoms with Gasteiger partial charge in [-0.05, 0) is 67.2 Å². The summed E-state index contributed by atoms with van der Waals surface area (Å²) in [5.74, 6) is 0.393. The Hall–Kier alpha value is -2.78. The summed E-state index contributed by atoms with van der Waals surface area (Å²) in [6.45, 7) is -1.01. The first kappa shape index (κ1) is 30.8. The van der Waals surface area contributed by atoms with Gasteiger partial charge in [-0.2, -0.15) is 13.2 Å². The second-order valence-corrected chi connectivity index (χ2v) is 11.0. The van der Waals surface area contributed by atoms with E-state index >= 15 is 0 Å². The average Bonchev–Trinajstić information content (AvgIpc) is 3.58. The molecule has 4 rings (SSSR count). The number of hydrogen-bond donors (Lipinski definition) is 1. The molecule has 1 saturated carbocycles. The molecule has 2 fully saturated rings. The van der Waals surface area contributed by atoms with E-state index in [2.05, 4.69) is 4.90 Å². The van der Waals surface area contributed by atoms with Gasteiger partial charge in [0.05, 0.1) is 10.6 Å². The Morgan fingerprint density at radius 2 is 1.69 bits per heavy atom. The van der Waals surface area contributed by atoms with Crippen LogP contribution >= 0.6 is 11.6 Å². The molecule has 10 heteroatoms. The van der Waals surface area contributed by atoms with Crippen LogP contribution in [0.3, 0.4) is 0 Å². The van der Waals surface area contributed by atoms with Crippen LogP contribution in [0.4, 0.5) is 18.9 Å². The number of piperidine rings is 1. The number of anilines is 1. The number of carbonyl (C=O) groups excluding carboxylic acids is 2. The quantitative estimate of drug-likeness (QED) is 0.438. The molecule has 2 unspecified atom stereocenters. The number of alkyl halides is 3. The Bertz CT molecular complexity index is 1110. The van der Waals surface area contributed by atoms with Crippen LogP contribution in [-0.2, 0) is 4.79 Å². The van der Waals surface area contributed by atoms with Gasteiger partial charge in [0, 0.05) is 46.5 Å². The number of amides is 2. The van der Waals surface area contributed by atoms with Crippen LogP contribution in [0.5, 0.6) is 0 Å². The van der Waals surface area contributed by atoms with Crippen LogP contribution in [0.15, 0.2) is 48.5 Å². The summed E-state index contributed by atoms with van der Waals surface area (Å²) in [5.41, 5.74) is 2.69. The Labute approximate surface area is 233 Å². The SMILES string of the molecule is CN(C)C(=O)c1ccc(N2CCC3(CC2)CC3CCCN(C)C(=O)C(O)c2ccccc2)cc1Cl.FC(F)F. The number of nitrogens with zero attached hydrogens (tertiary/aromatic N) is 3. The minimum atomic E-state index is -3.67. The highest BCUT2D eigenvalue weighted by atomic mass is 35.5.